The van der Waals surface area contributed by atoms with Crippen LogP contribution in [-0.4, -0.2) is 12.9 Å². The number of rotatable bonds is 5. The normalized spacial score (nSPS) is 11.9. The van der Waals surface area contributed by atoms with Gasteiger partial charge >= 0.3 is 0 Å². The van der Waals surface area contributed by atoms with Gasteiger partial charge < -0.3 is 0 Å². The molecule has 0 aliphatic rings. The number of azo groups is 1. The Kier molecular flexibility index (Phi) is 6.48. The highest BCUT2D eigenvalue weighted by atomic mass is 15.1. The smallest absolute Gasteiger partial charge is 0.137 e. The SMILES string of the molecule is C=CN=CN=NCCC(C)C. The van der Waals surface area contributed by atoms with Crippen LogP contribution in [-0.2, 0) is 0 Å². The molecule has 0 saturated heterocycles. The first-order chi connectivity index (χ1) is 5.27. The van der Waals surface area contributed by atoms with Gasteiger partial charge in [0, 0.05) is 6.20 Å². The summed E-state index contributed by atoms with van der Waals surface area (Å²) in [5.74, 6) is 0.685. The lowest BCUT2D eigenvalue weighted by molar-refractivity contribution is 0.590. The van der Waals surface area contributed by atoms with Crippen molar-refractivity contribution in [1.29, 1.82) is 0 Å². The molecule has 0 aromatic carbocycles. The maximum absolute atomic E-state index is 3.88. The van der Waals surface area contributed by atoms with Crippen LogP contribution in [0.5, 0.6) is 0 Å². The predicted octanol–water partition coefficient (Wildman–Crippen LogP) is 2.66. The van der Waals surface area contributed by atoms with E-state index < -0.39 is 0 Å². The summed E-state index contributed by atoms with van der Waals surface area (Å²) in [7, 11) is 0. The summed E-state index contributed by atoms with van der Waals surface area (Å²) in [4.78, 5) is 3.67. The summed E-state index contributed by atoms with van der Waals surface area (Å²) in [5.41, 5.74) is 0. The zero-order valence-corrected chi connectivity index (χ0v) is 7.20. The van der Waals surface area contributed by atoms with E-state index in [2.05, 4.69) is 35.6 Å². The van der Waals surface area contributed by atoms with Gasteiger partial charge in [0.05, 0.1) is 6.54 Å². The molecule has 0 saturated carbocycles. The topological polar surface area (TPSA) is 37.1 Å². The van der Waals surface area contributed by atoms with E-state index in [-0.39, 0.29) is 0 Å². The molecule has 0 amide bonds. The molecular formula is C8H15N3. The highest BCUT2D eigenvalue weighted by Gasteiger charge is 1.89. The molecule has 0 aromatic heterocycles. The van der Waals surface area contributed by atoms with Crippen molar-refractivity contribution in [3.05, 3.63) is 12.8 Å². The monoisotopic (exact) mass is 153 g/mol. The van der Waals surface area contributed by atoms with Gasteiger partial charge in [-0.2, -0.15) is 5.11 Å². The minimum Gasteiger partial charge on any atom is -0.244 e. The molecule has 0 bridgehead atoms. The Hall–Kier alpha value is -0.990. The number of hydrogen-bond acceptors (Lipinski definition) is 2. The van der Waals surface area contributed by atoms with Gasteiger partial charge in [0.2, 0.25) is 0 Å². The van der Waals surface area contributed by atoms with Crippen molar-refractivity contribution < 1.29 is 0 Å². The molecule has 0 unspecified atom stereocenters. The first-order valence-electron chi connectivity index (χ1n) is 3.76. The molecule has 11 heavy (non-hydrogen) atoms. The van der Waals surface area contributed by atoms with Crippen LogP contribution in [0.25, 0.3) is 0 Å². The number of hydrogen-bond donors (Lipinski definition) is 0. The van der Waals surface area contributed by atoms with Gasteiger partial charge in [-0.3, -0.25) is 0 Å². The van der Waals surface area contributed by atoms with Crippen molar-refractivity contribution in [2.45, 2.75) is 20.3 Å². The van der Waals surface area contributed by atoms with Crippen LogP contribution >= 0.6 is 0 Å². The average molecular weight is 153 g/mol. The quantitative estimate of drug-likeness (QED) is 0.331. The Morgan fingerprint density at radius 3 is 2.73 bits per heavy atom. The Morgan fingerprint density at radius 1 is 1.45 bits per heavy atom. The molecule has 3 nitrogen and oxygen atoms in total. The molecule has 0 aliphatic carbocycles. The second-order valence-electron chi connectivity index (χ2n) is 2.61. The van der Waals surface area contributed by atoms with Gasteiger partial charge in [-0.15, -0.1) is 5.11 Å². The minimum atomic E-state index is 0.685. The molecule has 0 rings (SSSR count). The van der Waals surface area contributed by atoms with E-state index in [1.54, 1.807) is 0 Å². The molecular weight excluding hydrogens is 138 g/mol. The standard InChI is InChI=1S/C8H15N3/c1-4-9-7-11-10-6-5-8(2)3/h4,7-8H,1,5-6H2,2-3H3. The van der Waals surface area contributed by atoms with E-state index >= 15 is 0 Å². The van der Waals surface area contributed by atoms with Crippen LogP contribution in [0.2, 0.25) is 0 Å². The van der Waals surface area contributed by atoms with Crippen LogP contribution in [0.15, 0.2) is 28.0 Å². The van der Waals surface area contributed by atoms with Gasteiger partial charge in [-0.05, 0) is 12.3 Å². The summed E-state index contributed by atoms with van der Waals surface area (Å²) in [6.45, 7) is 8.51. The molecule has 0 fully saturated rings. The molecule has 0 heterocycles. The van der Waals surface area contributed by atoms with Crippen molar-refractivity contribution >= 4 is 6.34 Å². The summed E-state index contributed by atoms with van der Waals surface area (Å²) in [6, 6.07) is 0. The van der Waals surface area contributed by atoms with Crippen LogP contribution in [0, 0.1) is 5.92 Å². The number of nitrogens with zero attached hydrogens (tertiary/aromatic N) is 3. The van der Waals surface area contributed by atoms with Crippen molar-refractivity contribution in [2.24, 2.45) is 21.1 Å². The third kappa shape index (κ3) is 9.01. The van der Waals surface area contributed by atoms with E-state index in [9.17, 15) is 0 Å². The fourth-order valence-electron chi connectivity index (χ4n) is 0.487. The van der Waals surface area contributed by atoms with E-state index in [4.69, 9.17) is 0 Å². The van der Waals surface area contributed by atoms with Crippen molar-refractivity contribution in [3.63, 3.8) is 0 Å². The third-order valence-electron chi connectivity index (χ3n) is 1.11. The molecule has 0 aliphatic heterocycles. The van der Waals surface area contributed by atoms with Crippen LogP contribution in [0.4, 0.5) is 0 Å². The van der Waals surface area contributed by atoms with Gasteiger partial charge in [0.1, 0.15) is 6.34 Å². The second kappa shape index (κ2) is 7.12. The molecule has 0 N–H and O–H groups in total. The Labute approximate surface area is 67.9 Å². The molecule has 3 heteroatoms. The van der Waals surface area contributed by atoms with E-state index in [0.29, 0.717) is 5.92 Å². The zero-order valence-electron chi connectivity index (χ0n) is 7.20. The maximum Gasteiger partial charge on any atom is 0.137 e. The lowest BCUT2D eigenvalue weighted by atomic mass is 10.1. The first kappa shape index (κ1) is 10.0. The summed E-state index contributed by atoms with van der Waals surface area (Å²) in [6.07, 6.45) is 3.90. The van der Waals surface area contributed by atoms with Crippen LogP contribution in [0.1, 0.15) is 20.3 Å². The highest BCUT2D eigenvalue weighted by Crippen LogP contribution is 1.98. The third-order valence-corrected chi connectivity index (χ3v) is 1.11. The molecule has 0 radical (unpaired) electrons. The fraction of sp³-hybridized carbons (Fsp3) is 0.625. The Morgan fingerprint density at radius 2 is 2.18 bits per heavy atom. The Balaban J connectivity index is 3.30. The van der Waals surface area contributed by atoms with E-state index in [1.165, 1.54) is 12.5 Å². The van der Waals surface area contributed by atoms with Crippen LogP contribution in [0.3, 0.4) is 0 Å². The fourth-order valence-corrected chi connectivity index (χ4v) is 0.487. The summed E-state index contributed by atoms with van der Waals surface area (Å²) in [5, 5.41) is 7.57. The minimum absolute atomic E-state index is 0.685. The summed E-state index contributed by atoms with van der Waals surface area (Å²) >= 11 is 0. The van der Waals surface area contributed by atoms with Crippen molar-refractivity contribution in [2.75, 3.05) is 6.54 Å². The lowest BCUT2D eigenvalue weighted by Gasteiger charge is -1.96. The Bertz CT molecular complexity index is 147. The van der Waals surface area contributed by atoms with E-state index in [1.807, 2.05) is 0 Å². The highest BCUT2D eigenvalue weighted by molar-refractivity contribution is 5.54. The van der Waals surface area contributed by atoms with Gasteiger partial charge in [0.25, 0.3) is 0 Å². The summed E-state index contributed by atoms with van der Waals surface area (Å²) < 4.78 is 0. The second-order valence-corrected chi connectivity index (χ2v) is 2.61. The number of aliphatic imine (C=N–C) groups is 1. The van der Waals surface area contributed by atoms with Crippen LogP contribution < -0.4 is 0 Å². The predicted molar refractivity (Wildman–Crippen MR) is 47.9 cm³/mol. The molecule has 0 spiro atoms. The first-order valence-corrected chi connectivity index (χ1v) is 3.76. The maximum atomic E-state index is 3.88. The molecule has 0 aromatic rings. The lowest BCUT2D eigenvalue weighted by Crippen LogP contribution is -1.88. The average Bonchev–Trinajstić information content (AvgIpc) is 1.96. The van der Waals surface area contributed by atoms with Gasteiger partial charge in [0.15, 0.2) is 0 Å². The largest absolute Gasteiger partial charge is 0.244 e. The van der Waals surface area contributed by atoms with Gasteiger partial charge in [-0.25, -0.2) is 4.99 Å². The van der Waals surface area contributed by atoms with Crippen molar-refractivity contribution in [1.82, 2.24) is 0 Å². The zero-order chi connectivity index (χ0) is 8.53. The van der Waals surface area contributed by atoms with Gasteiger partial charge in [-0.1, -0.05) is 20.4 Å². The molecule has 0 atom stereocenters. The van der Waals surface area contributed by atoms with E-state index in [0.717, 1.165) is 13.0 Å². The van der Waals surface area contributed by atoms with Crippen molar-refractivity contribution in [3.8, 4) is 0 Å². The molecule has 62 valence electrons.